The summed E-state index contributed by atoms with van der Waals surface area (Å²) in [5.74, 6) is -1.68. The Hall–Kier alpha value is -1.35. The molecule has 1 unspecified atom stereocenters. The van der Waals surface area contributed by atoms with Crippen molar-refractivity contribution in [3.05, 3.63) is 24.3 Å². The summed E-state index contributed by atoms with van der Waals surface area (Å²) in [4.78, 5) is 0.647. The molecule has 17 heavy (non-hydrogen) atoms. The Kier molecular flexibility index (Phi) is 4.70. The van der Waals surface area contributed by atoms with E-state index in [0.717, 1.165) is 11.8 Å². The van der Waals surface area contributed by atoms with Gasteiger partial charge in [-0.05, 0) is 18.2 Å². The Morgan fingerprint density at radius 3 is 2.71 bits per heavy atom. The maximum atomic E-state index is 12.3. The Morgan fingerprint density at radius 1 is 1.47 bits per heavy atom. The molecule has 2 nitrogen and oxygen atoms in total. The van der Waals surface area contributed by atoms with Crippen LogP contribution < -0.4 is 4.74 Å². The van der Waals surface area contributed by atoms with Crippen LogP contribution >= 0.6 is 11.8 Å². The van der Waals surface area contributed by atoms with E-state index in [1.165, 1.54) is 13.2 Å². The molecule has 0 bridgehead atoms. The van der Waals surface area contributed by atoms with Gasteiger partial charge >= 0.3 is 6.18 Å². The molecule has 1 rings (SSSR count). The predicted octanol–water partition coefficient (Wildman–Crippen LogP) is 3.49. The number of rotatable bonds is 4. The van der Waals surface area contributed by atoms with Crippen LogP contribution in [0.2, 0.25) is 0 Å². The number of nitriles is 1. The van der Waals surface area contributed by atoms with Gasteiger partial charge in [-0.25, -0.2) is 0 Å². The molecule has 6 heteroatoms. The molecule has 0 heterocycles. The summed E-state index contributed by atoms with van der Waals surface area (Å²) in [5, 5.41) is 8.43. The van der Waals surface area contributed by atoms with Crippen LogP contribution in [0, 0.1) is 17.2 Å². The monoisotopic (exact) mass is 261 g/mol. The summed E-state index contributed by atoms with van der Waals surface area (Å²) >= 11 is 0.987. The molecule has 0 aromatic heterocycles. The maximum absolute atomic E-state index is 12.3. The summed E-state index contributed by atoms with van der Waals surface area (Å²) in [6.07, 6.45) is -4.47. The van der Waals surface area contributed by atoms with Crippen molar-refractivity contribution in [2.24, 2.45) is 5.92 Å². The lowest BCUT2D eigenvalue weighted by Gasteiger charge is -2.12. The molecule has 1 aromatic carbocycles. The molecular weight excluding hydrogens is 251 g/mol. The standard InChI is InChI=1S/C11H10F3NOS/c1-16-9-3-2-4-10(5-9)17-7-8(6-15)11(12,13)14/h2-5,8H,7H2,1H3. The first kappa shape index (κ1) is 13.7. The van der Waals surface area contributed by atoms with E-state index < -0.39 is 12.1 Å². The molecule has 0 N–H and O–H groups in total. The van der Waals surface area contributed by atoms with Gasteiger partial charge < -0.3 is 4.74 Å². The van der Waals surface area contributed by atoms with E-state index in [4.69, 9.17) is 10.00 Å². The number of nitrogens with zero attached hydrogens (tertiary/aromatic N) is 1. The zero-order chi connectivity index (χ0) is 12.9. The average molecular weight is 261 g/mol. The van der Waals surface area contributed by atoms with Crippen LogP contribution in [0.25, 0.3) is 0 Å². The second-order valence-electron chi connectivity index (χ2n) is 3.21. The highest BCUT2D eigenvalue weighted by Crippen LogP contribution is 2.32. The third-order valence-electron chi connectivity index (χ3n) is 2.01. The minimum absolute atomic E-state index is 0.312. The van der Waals surface area contributed by atoms with Gasteiger partial charge in [0.2, 0.25) is 0 Å². The summed E-state index contributed by atoms with van der Waals surface area (Å²) in [7, 11) is 1.48. The van der Waals surface area contributed by atoms with E-state index in [1.807, 2.05) is 0 Å². The lowest BCUT2D eigenvalue weighted by atomic mass is 10.2. The molecule has 1 aromatic rings. The second kappa shape index (κ2) is 5.82. The number of thioether (sulfide) groups is 1. The number of methoxy groups -OCH3 is 1. The Balaban J connectivity index is 2.64. The Bertz CT molecular complexity index is 414. The SMILES string of the molecule is COc1cccc(SCC(C#N)C(F)(F)F)c1. The van der Waals surface area contributed by atoms with E-state index >= 15 is 0 Å². The van der Waals surface area contributed by atoms with Gasteiger partial charge in [0.05, 0.1) is 13.2 Å². The summed E-state index contributed by atoms with van der Waals surface area (Å²) in [6.45, 7) is 0. The predicted molar refractivity (Wildman–Crippen MR) is 58.9 cm³/mol. The fourth-order valence-electron chi connectivity index (χ4n) is 1.08. The van der Waals surface area contributed by atoms with Gasteiger partial charge in [-0.2, -0.15) is 18.4 Å². The quantitative estimate of drug-likeness (QED) is 0.778. The summed E-state index contributed by atoms with van der Waals surface area (Å²) in [6, 6.07) is 7.97. The highest BCUT2D eigenvalue weighted by Gasteiger charge is 2.39. The highest BCUT2D eigenvalue weighted by atomic mass is 32.2. The molecular formula is C11H10F3NOS. The molecule has 0 radical (unpaired) electrons. The smallest absolute Gasteiger partial charge is 0.405 e. The van der Waals surface area contributed by atoms with Crippen molar-refractivity contribution in [2.75, 3.05) is 12.9 Å². The number of hydrogen-bond donors (Lipinski definition) is 0. The van der Waals surface area contributed by atoms with Crippen LogP contribution in [0.3, 0.4) is 0 Å². The number of benzene rings is 1. The van der Waals surface area contributed by atoms with Crippen LogP contribution in [0.1, 0.15) is 0 Å². The first-order valence-corrected chi connectivity index (χ1v) is 5.69. The number of ether oxygens (including phenoxy) is 1. The Labute approximate surface area is 101 Å². The molecule has 0 saturated carbocycles. The van der Waals surface area contributed by atoms with E-state index in [9.17, 15) is 13.2 Å². The van der Waals surface area contributed by atoms with Crippen LogP contribution in [0.5, 0.6) is 5.75 Å². The zero-order valence-corrected chi connectivity index (χ0v) is 9.81. The van der Waals surface area contributed by atoms with Crippen LogP contribution in [-0.4, -0.2) is 19.0 Å². The van der Waals surface area contributed by atoms with Crippen molar-refractivity contribution >= 4 is 11.8 Å². The molecule has 0 aliphatic carbocycles. The fraction of sp³-hybridized carbons (Fsp3) is 0.364. The average Bonchev–Trinajstić information content (AvgIpc) is 2.28. The van der Waals surface area contributed by atoms with Crippen molar-refractivity contribution in [3.8, 4) is 11.8 Å². The summed E-state index contributed by atoms with van der Waals surface area (Å²) < 4.78 is 41.9. The minimum Gasteiger partial charge on any atom is -0.497 e. The zero-order valence-electron chi connectivity index (χ0n) is 8.99. The topological polar surface area (TPSA) is 33.0 Å². The van der Waals surface area contributed by atoms with E-state index in [0.29, 0.717) is 10.6 Å². The van der Waals surface area contributed by atoms with Gasteiger partial charge in [0.25, 0.3) is 0 Å². The molecule has 0 aliphatic heterocycles. The van der Waals surface area contributed by atoms with Crippen molar-refractivity contribution in [3.63, 3.8) is 0 Å². The van der Waals surface area contributed by atoms with Gasteiger partial charge in [0, 0.05) is 10.6 Å². The van der Waals surface area contributed by atoms with Crippen molar-refractivity contribution in [2.45, 2.75) is 11.1 Å². The molecule has 0 spiro atoms. The van der Waals surface area contributed by atoms with Gasteiger partial charge in [-0.3, -0.25) is 0 Å². The fourth-order valence-corrected chi connectivity index (χ4v) is 2.07. The van der Waals surface area contributed by atoms with Gasteiger partial charge in [-0.15, -0.1) is 11.8 Å². The minimum atomic E-state index is -4.47. The van der Waals surface area contributed by atoms with Crippen molar-refractivity contribution in [1.29, 1.82) is 5.26 Å². The number of alkyl halides is 3. The van der Waals surface area contributed by atoms with Crippen LogP contribution in [0.4, 0.5) is 13.2 Å². The van der Waals surface area contributed by atoms with E-state index in [1.54, 1.807) is 24.3 Å². The molecule has 0 fully saturated rings. The van der Waals surface area contributed by atoms with Crippen molar-refractivity contribution < 1.29 is 17.9 Å². The maximum Gasteiger partial charge on any atom is 0.405 e. The second-order valence-corrected chi connectivity index (χ2v) is 4.31. The van der Waals surface area contributed by atoms with Crippen LogP contribution in [0.15, 0.2) is 29.2 Å². The Morgan fingerprint density at radius 2 is 2.18 bits per heavy atom. The van der Waals surface area contributed by atoms with E-state index in [2.05, 4.69) is 0 Å². The normalized spacial score (nSPS) is 12.9. The molecule has 1 atom stereocenters. The lowest BCUT2D eigenvalue weighted by Crippen LogP contribution is -2.23. The van der Waals surface area contributed by atoms with Gasteiger partial charge in [0.1, 0.15) is 5.75 Å². The van der Waals surface area contributed by atoms with Gasteiger partial charge in [-0.1, -0.05) is 6.07 Å². The lowest BCUT2D eigenvalue weighted by molar-refractivity contribution is -0.152. The van der Waals surface area contributed by atoms with E-state index in [-0.39, 0.29) is 5.75 Å². The highest BCUT2D eigenvalue weighted by molar-refractivity contribution is 7.99. The summed E-state index contributed by atoms with van der Waals surface area (Å²) in [5.41, 5.74) is 0. The first-order chi connectivity index (χ1) is 7.97. The van der Waals surface area contributed by atoms with Crippen LogP contribution in [-0.2, 0) is 0 Å². The van der Waals surface area contributed by atoms with Crippen molar-refractivity contribution in [1.82, 2.24) is 0 Å². The number of hydrogen-bond acceptors (Lipinski definition) is 3. The third kappa shape index (κ3) is 4.19. The molecule has 0 aliphatic rings. The molecule has 0 saturated heterocycles. The largest absolute Gasteiger partial charge is 0.497 e. The number of halogens is 3. The van der Waals surface area contributed by atoms with Gasteiger partial charge in [0.15, 0.2) is 5.92 Å². The third-order valence-corrected chi connectivity index (χ3v) is 3.10. The molecule has 92 valence electrons. The first-order valence-electron chi connectivity index (χ1n) is 4.70. The molecule has 0 amide bonds.